The highest BCUT2D eigenvalue weighted by molar-refractivity contribution is 5.96. The molecule has 0 aromatic heterocycles. The summed E-state index contributed by atoms with van der Waals surface area (Å²) in [5.41, 5.74) is 1.29. The Morgan fingerprint density at radius 1 is 1.25 bits per heavy atom. The summed E-state index contributed by atoms with van der Waals surface area (Å²) in [5.74, 6) is -0.116. The van der Waals surface area contributed by atoms with Gasteiger partial charge in [0.15, 0.2) is 5.78 Å². The summed E-state index contributed by atoms with van der Waals surface area (Å²) in [4.78, 5) is 25.0. The van der Waals surface area contributed by atoms with Crippen molar-refractivity contribution in [2.45, 2.75) is 25.9 Å². The Bertz CT molecular complexity index is 479. The number of carbonyl (C=O) groups is 2. The largest absolute Gasteiger partial charge is 0.325 e. The normalized spacial score (nSPS) is 16.9. The van der Waals surface area contributed by atoms with Crippen molar-refractivity contribution in [3.05, 3.63) is 29.8 Å². The number of anilines is 1. The molecule has 4 nitrogen and oxygen atoms in total. The van der Waals surface area contributed by atoms with Crippen molar-refractivity contribution >= 4 is 17.4 Å². The van der Waals surface area contributed by atoms with Crippen LogP contribution in [0.2, 0.25) is 0 Å². The Hall–Kier alpha value is -1.75. The van der Waals surface area contributed by atoms with Gasteiger partial charge in [-0.3, -0.25) is 14.5 Å². The second-order valence-corrected chi connectivity index (χ2v) is 5.13. The highest BCUT2D eigenvalue weighted by Gasteiger charge is 2.20. The maximum absolute atomic E-state index is 13.0. The molecule has 1 heterocycles. The van der Waals surface area contributed by atoms with Crippen LogP contribution in [0.4, 0.5) is 10.1 Å². The van der Waals surface area contributed by atoms with Crippen LogP contribution in [0.15, 0.2) is 24.3 Å². The van der Waals surface area contributed by atoms with E-state index in [9.17, 15) is 14.0 Å². The molecule has 0 saturated carbocycles. The molecule has 0 aliphatic carbocycles. The number of hydrogen-bond donors (Lipinski definition) is 1. The molecule has 2 rings (SSSR count). The molecular weight excluding hydrogens is 259 g/mol. The predicted octanol–water partition coefficient (Wildman–Crippen LogP) is 2.26. The highest BCUT2D eigenvalue weighted by Crippen LogP contribution is 2.14. The first-order valence-corrected chi connectivity index (χ1v) is 6.82. The van der Waals surface area contributed by atoms with Gasteiger partial charge in [-0.05, 0) is 44.0 Å². The van der Waals surface area contributed by atoms with Gasteiger partial charge in [0.25, 0.3) is 0 Å². The van der Waals surface area contributed by atoms with Crippen molar-refractivity contribution in [2.24, 2.45) is 0 Å². The Kier molecular flexibility index (Phi) is 4.84. The lowest BCUT2D eigenvalue weighted by Gasteiger charge is -2.27. The first-order chi connectivity index (χ1) is 9.54. The number of carbonyl (C=O) groups excluding carboxylic acids is 2. The lowest BCUT2D eigenvalue weighted by atomic mass is 10.1. The SMILES string of the molecule is CC(=O)c1ccc(NC(=O)CN2CCC(F)CC2)cc1. The molecule has 1 aromatic carbocycles. The molecule has 20 heavy (non-hydrogen) atoms. The summed E-state index contributed by atoms with van der Waals surface area (Å²) in [6.45, 7) is 3.03. The number of alkyl halides is 1. The molecule has 0 bridgehead atoms. The zero-order chi connectivity index (χ0) is 14.5. The van der Waals surface area contributed by atoms with E-state index in [0.717, 1.165) is 0 Å². The van der Waals surface area contributed by atoms with Crippen LogP contribution in [0.5, 0.6) is 0 Å². The van der Waals surface area contributed by atoms with Gasteiger partial charge in [-0.1, -0.05) is 0 Å². The Morgan fingerprint density at radius 3 is 2.40 bits per heavy atom. The van der Waals surface area contributed by atoms with Crippen LogP contribution in [0, 0.1) is 0 Å². The number of ketones is 1. The van der Waals surface area contributed by atoms with Crippen LogP contribution in [0.25, 0.3) is 0 Å². The van der Waals surface area contributed by atoms with Crippen molar-refractivity contribution in [2.75, 3.05) is 25.0 Å². The molecule has 1 saturated heterocycles. The topological polar surface area (TPSA) is 49.4 Å². The number of Topliss-reactive ketones (excluding diaryl/α,β-unsaturated/α-hetero) is 1. The van der Waals surface area contributed by atoms with Crippen LogP contribution in [-0.2, 0) is 4.79 Å². The molecule has 0 radical (unpaired) electrons. The minimum atomic E-state index is -0.728. The van der Waals surface area contributed by atoms with Crippen molar-refractivity contribution in [1.29, 1.82) is 0 Å². The van der Waals surface area contributed by atoms with Gasteiger partial charge in [0.05, 0.1) is 6.54 Å². The molecular formula is C15H19FN2O2. The fraction of sp³-hybridized carbons (Fsp3) is 0.467. The van der Waals surface area contributed by atoms with Gasteiger partial charge in [0, 0.05) is 24.3 Å². The van der Waals surface area contributed by atoms with E-state index >= 15 is 0 Å². The van der Waals surface area contributed by atoms with Gasteiger partial charge in [0.2, 0.25) is 5.91 Å². The average Bonchev–Trinajstić information content (AvgIpc) is 2.42. The van der Waals surface area contributed by atoms with E-state index in [2.05, 4.69) is 5.32 Å². The third kappa shape index (κ3) is 4.13. The molecule has 1 aromatic rings. The number of hydrogen-bond acceptors (Lipinski definition) is 3. The molecule has 1 fully saturated rings. The van der Waals surface area contributed by atoms with Gasteiger partial charge in [-0.25, -0.2) is 4.39 Å². The van der Waals surface area contributed by atoms with Crippen LogP contribution in [0.3, 0.4) is 0 Å². The second-order valence-electron chi connectivity index (χ2n) is 5.13. The lowest BCUT2D eigenvalue weighted by molar-refractivity contribution is -0.117. The van der Waals surface area contributed by atoms with E-state index in [1.807, 2.05) is 4.90 Å². The number of likely N-dealkylation sites (tertiary alicyclic amines) is 1. The molecule has 1 N–H and O–H groups in total. The van der Waals surface area contributed by atoms with Gasteiger partial charge < -0.3 is 5.32 Å². The third-order valence-electron chi connectivity index (χ3n) is 3.46. The maximum Gasteiger partial charge on any atom is 0.238 e. The minimum Gasteiger partial charge on any atom is -0.325 e. The molecule has 0 atom stereocenters. The minimum absolute atomic E-state index is 0.00281. The quantitative estimate of drug-likeness (QED) is 0.859. The first kappa shape index (κ1) is 14.7. The fourth-order valence-corrected chi connectivity index (χ4v) is 2.25. The smallest absolute Gasteiger partial charge is 0.238 e. The van der Waals surface area contributed by atoms with E-state index in [0.29, 0.717) is 37.2 Å². The van der Waals surface area contributed by atoms with Crippen molar-refractivity contribution in [3.8, 4) is 0 Å². The number of nitrogens with one attached hydrogen (secondary N) is 1. The van der Waals surface area contributed by atoms with Crippen LogP contribution in [-0.4, -0.2) is 42.4 Å². The standard InChI is InChI=1S/C15H19FN2O2/c1-11(19)12-2-4-14(5-3-12)17-15(20)10-18-8-6-13(16)7-9-18/h2-5,13H,6-10H2,1H3,(H,17,20). The van der Waals surface area contributed by atoms with Crippen molar-refractivity contribution in [3.63, 3.8) is 0 Å². The molecule has 1 amide bonds. The first-order valence-electron chi connectivity index (χ1n) is 6.82. The molecule has 108 valence electrons. The van der Waals surface area contributed by atoms with Crippen LogP contribution in [0.1, 0.15) is 30.1 Å². The van der Waals surface area contributed by atoms with Crippen LogP contribution < -0.4 is 5.32 Å². The van der Waals surface area contributed by atoms with Gasteiger partial charge in [0.1, 0.15) is 6.17 Å². The molecule has 0 unspecified atom stereocenters. The van der Waals surface area contributed by atoms with Crippen molar-refractivity contribution in [1.82, 2.24) is 4.90 Å². The Labute approximate surface area is 118 Å². The summed E-state index contributed by atoms with van der Waals surface area (Å²) in [6, 6.07) is 6.80. The van der Waals surface area contributed by atoms with Gasteiger partial charge in [-0.15, -0.1) is 0 Å². The van der Waals surface area contributed by atoms with E-state index in [1.54, 1.807) is 24.3 Å². The van der Waals surface area contributed by atoms with Crippen molar-refractivity contribution < 1.29 is 14.0 Å². The number of piperidine rings is 1. The lowest BCUT2D eigenvalue weighted by Crippen LogP contribution is -2.39. The van der Waals surface area contributed by atoms with E-state index in [4.69, 9.17) is 0 Å². The summed E-state index contributed by atoms with van der Waals surface area (Å²) in [6.07, 6.45) is 0.273. The van der Waals surface area contributed by atoms with Gasteiger partial charge >= 0.3 is 0 Å². The predicted molar refractivity (Wildman–Crippen MR) is 75.6 cm³/mol. The second kappa shape index (κ2) is 6.61. The van der Waals surface area contributed by atoms with E-state index < -0.39 is 6.17 Å². The Morgan fingerprint density at radius 2 is 1.85 bits per heavy atom. The summed E-state index contributed by atoms with van der Waals surface area (Å²) in [5, 5.41) is 2.78. The molecule has 0 spiro atoms. The molecule has 5 heteroatoms. The zero-order valence-electron chi connectivity index (χ0n) is 11.6. The summed E-state index contributed by atoms with van der Waals surface area (Å²) >= 11 is 0. The number of amides is 1. The average molecular weight is 278 g/mol. The fourth-order valence-electron chi connectivity index (χ4n) is 2.25. The number of nitrogens with zero attached hydrogens (tertiary/aromatic N) is 1. The molecule has 1 aliphatic heterocycles. The van der Waals surface area contributed by atoms with E-state index in [1.165, 1.54) is 6.92 Å². The zero-order valence-corrected chi connectivity index (χ0v) is 11.6. The number of halogens is 1. The number of rotatable bonds is 4. The Balaban J connectivity index is 1.83. The van der Waals surface area contributed by atoms with Crippen LogP contribution >= 0.6 is 0 Å². The van der Waals surface area contributed by atoms with Gasteiger partial charge in [-0.2, -0.15) is 0 Å². The van der Waals surface area contributed by atoms with E-state index in [-0.39, 0.29) is 18.2 Å². The summed E-state index contributed by atoms with van der Waals surface area (Å²) in [7, 11) is 0. The summed E-state index contributed by atoms with van der Waals surface area (Å²) < 4.78 is 13.0. The number of benzene rings is 1. The monoisotopic (exact) mass is 278 g/mol. The maximum atomic E-state index is 13.0. The highest BCUT2D eigenvalue weighted by atomic mass is 19.1. The third-order valence-corrected chi connectivity index (χ3v) is 3.46. The molecule has 1 aliphatic rings.